The molecule has 0 saturated carbocycles. The molecule has 4 fully saturated rings. The zero-order valence-corrected chi connectivity index (χ0v) is 15.8. The third kappa shape index (κ3) is 3.27. The Morgan fingerprint density at radius 3 is 2.72 bits per heavy atom. The molecule has 0 radical (unpaired) electrons. The van der Waals surface area contributed by atoms with E-state index in [0.29, 0.717) is 24.3 Å². The van der Waals surface area contributed by atoms with Crippen molar-refractivity contribution in [3.05, 3.63) is 0 Å². The van der Waals surface area contributed by atoms with Crippen LogP contribution in [0.2, 0.25) is 0 Å². The second kappa shape index (κ2) is 7.59. The molecule has 0 aromatic rings. The second-order valence-corrected chi connectivity index (χ2v) is 7.90. The minimum atomic E-state index is -1.26. The summed E-state index contributed by atoms with van der Waals surface area (Å²) in [5, 5.41) is 10.3. The van der Waals surface area contributed by atoms with Crippen LogP contribution < -0.4 is 0 Å². The molecule has 4 aliphatic rings. The molecule has 4 heterocycles. The maximum Gasteiger partial charge on any atom is 0.321 e. The predicted octanol–water partition coefficient (Wildman–Crippen LogP) is 1.02. The Labute approximate surface area is 159 Å². The second-order valence-electron chi connectivity index (χ2n) is 7.64. The van der Waals surface area contributed by atoms with Crippen LogP contribution in [-0.4, -0.2) is 76.6 Å². The van der Waals surface area contributed by atoms with Crippen LogP contribution in [0.5, 0.6) is 0 Å². The Kier molecular flexibility index (Phi) is 5.83. The number of fused-ring (bicyclic) bond motifs is 2. The molecular weight excluding hydrogens is 367 g/mol. The molecule has 1 amide bonds. The molecule has 1 N–H and O–H groups in total. The highest BCUT2D eigenvalue weighted by atomic mass is 35.5. The van der Waals surface area contributed by atoms with Gasteiger partial charge in [0.05, 0.1) is 0 Å². The topological polar surface area (TPSA) is 70.1 Å². The third-order valence-corrected chi connectivity index (χ3v) is 6.64. The summed E-state index contributed by atoms with van der Waals surface area (Å²) in [5.74, 6) is -0.170. The number of ether oxygens (including phenoxy) is 1. The molecule has 4 saturated heterocycles. The van der Waals surface area contributed by atoms with Crippen molar-refractivity contribution < 1.29 is 19.4 Å². The zero-order valence-electron chi connectivity index (χ0n) is 14.2. The number of halogens is 2. The fourth-order valence-corrected chi connectivity index (χ4v) is 5.62. The van der Waals surface area contributed by atoms with Crippen molar-refractivity contribution in [1.29, 1.82) is 0 Å². The van der Waals surface area contributed by atoms with Gasteiger partial charge in [0.15, 0.2) is 6.10 Å². The van der Waals surface area contributed by atoms with Crippen LogP contribution in [0.15, 0.2) is 0 Å². The number of hydrogen-bond acceptors (Lipinski definition) is 5. The van der Waals surface area contributed by atoms with Gasteiger partial charge in [-0.1, -0.05) is 0 Å². The maximum absolute atomic E-state index is 12.7. The van der Waals surface area contributed by atoms with Crippen LogP contribution in [-0.2, 0) is 14.3 Å². The molecule has 6 atom stereocenters. The van der Waals surface area contributed by atoms with Gasteiger partial charge >= 0.3 is 5.97 Å². The summed E-state index contributed by atoms with van der Waals surface area (Å²) >= 11 is 5.51. The van der Waals surface area contributed by atoms with E-state index >= 15 is 0 Å². The highest BCUT2D eigenvalue weighted by Crippen LogP contribution is 2.45. The number of esters is 1. The Morgan fingerprint density at radius 1 is 1.28 bits per heavy atom. The van der Waals surface area contributed by atoms with Crippen LogP contribution in [0.25, 0.3) is 0 Å². The van der Waals surface area contributed by atoms with Crippen LogP contribution in [0.3, 0.4) is 0 Å². The van der Waals surface area contributed by atoms with Gasteiger partial charge in [-0.3, -0.25) is 14.5 Å². The molecule has 4 aliphatic heterocycles. The zero-order chi connectivity index (χ0) is 16.8. The number of nitrogens with zero attached hydrogens (tertiary/aromatic N) is 2. The summed E-state index contributed by atoms with van der Waals surface area (Å²) in [6, 6.07) is 0.609. The monoisotopic (exact) mass is 392 g/mol. The molecule has 0 aliphatic carbocycles. The van der Waals surface area contributed by atoms with Gasteiger partial charge in [-0.05, 0) is 50.6 Å². The fourth-order valence-electron chi connectivity index (χ4n) is 5.56. The maximum atomic E-state index is 12.7. The molecule has 4 rings (SSSR count). The van der Waals surface area contributed by atoms with Crippen molar-refractivity contribution in [1.82, 2.24) is 9.80 Å². The van der Waals surface area contributed by atoms with Crippen molar-refractivity contribution in [3.63, 3.8) is 0 Å². The lowest BCUT2D eigenvalue weighted by atomic mass is 9.67. The van der Waals surface area contributed by atoms with Crippen molar-refractivity contribution in [2.24, 2.45) is 11.8 Å². The van der Waals surface area contributed by atoms with Crippen LogP contribution >= 0.6 is 24.0 Å². The minimum absolute atomic E-state index is 0. The highest BCUT2D eigenvalue weighted by Gasteiger charge is 2.54. The number of carbonyl (C=O) groups excluding carboxylic acids is 2. The number of aliphatic hydroxyl groups is 1. The standard InChI is InChI=1S/C17H25ClN2O4.ClH/c18-8-14(21)24-13-7-12-11-4-2-6-19-5-1-3-10(15(11)19)9-20(12)17(23)16(13)22;/h10-13,15-16,22H,1-9H2;1H/t10-,11+,12+,13?,15-,16?;/m0./s1. The number of rotatable bonds is 2. The van der Waals surface area contributed by atoms with Gasteiger partial charge in [0.25, 0.3) is 5.91 Å². The Bertz CT molecular complexity index is 533. The lowest BCUT2D eigenvalue weighted by Crippen LogP contribution is -2.70. The largest absolute Gasteiger partial charge is 0.458 e. The van der Waals surface area contributed by atoms with Crippen LogP contribution in [0.1, 0.15) is 32.1 Å². The van der Waals surface area contributed by atoms with Crippen molar-refractivity contribution in [3.8, 4) is 0 Å². The van der Waals surface area contributed by atoms with E-state index in [1.807, 2.05) is 4.90 Å². The average molecular weight is 393 g/mol. The summed E-state index contributed by atoms with van der Waals surface area (Å²) in [6.45, 7) is 3.05. The molecule has 0 aromatic carbocycles. The normalized spacial score (nSPS) is 40.6. The molecule has 0 spiro atoms. The van der Waals surface area contributed by atoms with Crippen LogP contribution in [0, 0.1) is 11.8 Å². The average Bonchev–Trinajstić information content (AvgIpc) is 2.60. The summed E-state index contributed by atoms with van der Waals surface area (Å²) in [6.07, 6.45) is 3.12. The van der Waals surface area contributed by atoms with Gasteiger partial charge < -0.3 is 14.7 Å². The van der Waals surface area contributed by atoms with E-state index < -0.39 is 18.2 Å². The van der Waals surface area contributed by atoms with E-state index in [9.17, 15) is 14.7 Å². The molecule has 0 aromatic heterocycles. The molecule has 2 unspecified atom stereocenters. The first kappa shape index (κ1) is 19.2. The van der Waals surface area contributed by atoms with E-state index in [1.165, 1.54) is 6.42 Å². The Hall–Kier alpha value is -0.560. The number of aliphatic hydroxyl groups excluding tert-OH is 1. The van der Waals surface area contributed by atoms with Gasteiger partial charge in [0.2, 0.25) is 0 Å². The van der Waals surface area contributed by atoms with Crippen molar-refractivity contribution in [2.45, 2.75) is 56.4 Å². The van der Waals surface area contributed by atoms with E-state index in [4.69, 9.17) is 16.3 Å². The van der Waals surface area contributed by atoms with Gasteiger partial charge in [-0.2, -0.15) is 0 Å². The van der Waals surface area contributed by atoms with Gasteiger partial charge in [0, 0.05) is 25.0 Å². The Balaban J connectivity index is 0.00000182. The van der Waals surface area contributed by atoms with Crippen LogP contribution in [0.4, 0.5) is 0 Å². The summed E-state index contributed by atoms with van der Waals surface area (Å²) in [5.41, 5.74) is 0. The first-order valence-electron chi connectivity index (χ1n) is 9.08. The minimum Gasteiger partial charge on any atom is -0.458 e. The number of alkyl halides is 1. The van der Waals surface area contributed by atoms with E-state index in [1.54, 1.807) is 0 Å². The molecule has 142 valence electrons. The number of carbonyl (C=O) groups is 2. The summed E-state index contributed by atoms with van der Waals surface area (Å²) in [4.78, 5) is 28.7. The lowest BCUT2D eigenvalue weighted by Gasteiger charge is -2.59. The lowest BCUT2D eigenvalue weighted by molar-refractivity contribution is -0.183. The number of hydrogen-bond donors (Lipinski definition) is 1. The quantitative estimate of drug-likeness (QED) is 0.561. The molecule has 8 heteroatoms. The van der Waals surface area contributed by atoms with E-state index in [2.05, 4.69) is 4.90 Å². The van der Waals surface area contributed by atoms with Gasteiger partial charge in [-0.15, -0.1) is 24.0 Å². The van der Waals surface area contributed by atoms with Gasteiger partial charge in [0.1, 0.15) is 12.0 Å². The van der Waals surface area contributed by atoms with E-state index in [-0.39, 0.29) is 30.2 Å². The summed E-state index contributed by atoms with van der Waals surface area (Å²) < 4.78 is 5.26. The number of amides is 1. The number of piperidine rings is 4. The molecular formula is C17H26Cl2N2O4. The fraction of sp³-hybridized carbons (Fsp3) is 0.882. The third-order valence-electron chi connectivity index (χ3n) is 6.43. The van der Waals surface area contributed by atoms with Crippen molar-refractivity contribution >= 4 is 35.9 Å². The van der Waals surface area contributed by atoms with Gasteiger partial charge in [-0.25, -0.2) is 0 Å². The van der Waals surface area contributed by atoms with E-state index in [0.717, 1.165) is 38.9 Å². The highest BCUT2D eigenvalue weighted by molar-refractivity contribution is 6.26. The smallest absolute Gasteiger partial charge is 0.321 e. The SMILES string of the molecule is Cl.O=C(CCl)OC1C[C@@H]2[C@H]3CCCN4CCC[C@@H](CN2C(=O)C1O)[C@@H]34. The molecule has 0 bridgehead atoms. The predicted molar refractivity (Wildman–Crippen MR) is 94.8 cm³/mol. The molecule has 25 heavy (non-hydrogen) atoms. The first-order chi connectivity index (χ1) is 11.6. The molecule has 6 nitrogen and oxygen atoms in total. The Morgan fingerprint density at radius 2 is 2.00 bits per heavy atom. The first-order valence-corrected chi connectivity index (χ1v) is 9.61. The summed E-state index contributed by atoms with van der Waals surface area (Å²) in [7, 11) is 0. The van der Waals surface area contributed by atoms with Crippen molar-refractivity contribution in [2.75, 3.05) is 25.5 Å².